The molecule has 13 heteroatoms. The molecule has 1 fully saturated rings. The monoisotopic (exact) mass is 548 g/mol. The minimum atomic E-state index is -1.14. The van der Waals surface area contributed by atoms with E-state index in [-0.39, 0.29) is 24.2 Å². The Kier molecular flexibility index (Phi) is 7.19. The second kappa shape index (κ2) is 11.2. The fraction of sp³-hybridized carbons (Fsp3) is 0.370. The van der Waals surface area contributed by atoms with Crippen molar-refractivity contribution in [1.82, 2.24) is 25.5 Å². The molecule has 2 aliphatic rings. The van der Waals surface area contributed by atoms with Gasteiger partial charge in [-0.2, -0.15) is 4.80 Å². The number of amides is 2. The van der Waals surface area contributed by atoms with E-state index in [2.05, 4.69) is 20.7 Å². The van der Waals surface area contributed by atoms with E-state index >= 15 is 0 Å². The number of tetrazole rings is 1. The van der Waals surface area contributed by atoms with Gasteiger partial charge in [-0.3, -0.25) is 14.5 Å². The molecule has 3 aromatic heterocycles. The summed E-state index contributed by atoms with van der Waals surface area (Å²) in [4.78, 5) is 30.2. The number of fused-ring (bicyclic) bond motifs is 1. The molecule has 0 bridgehead atoms. The fourth-order valence-corrected chi connectivity index (χ4v) is 4.72. The lowest BCUT2D eigenvalue weighted by molar-refractivity contribution is -0.127. The van der Waals surface area contributed by atoms with Gasteiger partial charge in [-0.1, -0.05) is 0 Å². The normalized spacial score (nSPS) is 17.0. The van der Waals surface area contributed by atoms with Crippen molar-refractivity contribution < 1.29 is 32.6 Å². The number of furan rings is 2. The molecule has 0 unspecified atom stereocenters. The minimum Gasteiger partial charge on any atom is -0.486 e. The van der Waals surface area contributed by atoms with Crippen LogP contribution in [-0.2, 0) is 20.9 Å². The maximum Gasteiger partial charge on any atom is 0.251 e. The first kappa shape index (κ1) is 25.6. The summed E-state index contributed by atoms with van der Waals surface area (Å²) < 4.78 is 28.3. The number of hydrogen-bond donors (Lipinski definition) is 1. The maximum absolute atomic E-state index is 14.0. The zero-order valence-electron chi connectivity index (χ0n) is 21.8. The standard InChI is InChI=1S/C27H28N6O7/c1-17-6-8-22(40-17)26-29-31-32(30-26)16-24(34)33(18-7-9-20-23(14-18)39-13-12-38-20)25(21-5-3-11-37-21)27(35)28-15-19-4-2-10-36-19/h3,5-9,11,14,19,25H,2,4,10,12-13,15-16H2,1H3,(H,28,35)/t19-,25-/m0/s1. The summed E-state index contributed by atoms with van der Waals surface area (Å²) in [6, 6.07) is 10.8. The van der Waals surface area contributed by atoms with Crippen LogP contribution in [0.5, 0.6) is 11.5 Å². The highest BCUT2D eigenvalue weighted by Crippen LogP contribution is 2.37. The van der Waals surface area contributed by atoms with E-state index in [0.717, 1.165) is 17.6 Å². The first-order valence-corrected chi connectivity index (χ1v) is 13.0. The molecule has 1 N–H and O–H groups in total. The topological polar surface area (TPSA) is 147 Å². The molecule has 6 rings (SSSR count). The molecule has 0 saturated carbocycles. The Morgan fingerprint density at radius 1 is 1.12 bits per heavy atom. The molecule has 40 heavy (non-hydrogen) atoms. The van der Waals surface area contributed by atoms with Crippen molar-refractivity contribution in [2.75, 3.05) is 31.3 Å². The third kappa shape index (κ3) is 5.41. The molecule has 0 spiro atoms. The fourth-order valence-electron chi connectivity index (χ4n) is 4.72. The van der Waals surface area contributed by atoms with E-state index in [9.17, 15) is 9.59 Å². The second-order valence-corrected chi connectivity index (χ2v) is 9.44. The van der Waals surface area contributed by atoms with Crippen molar-refractivity contribution in [1.29, 1.82) is 0 Å². The summed E-state index contributed by atoms with van der Waals surface area (Å²) in [5.41, 5.74) is 0.407. The molecule has 1 aromatic carbocycles. The number of ether oxygens (including phenoxy) is 3. The summed E-state index contributed by atoms with van der Waals surface area (Å²) in [6.45, 7) is 3.26. The van der Waals surface area contributed by atoms with Crippen molar-refractivity contribution >= 4 is 17.5 Å². The predicted molar refractivity (Wildman–Crippen MR) is 139 cm³/mol. The highest BCUT2D eigenvalue weighted by Gasteiger charge is 2.36. The lowest BCUT2D eigenvalue weighted by Crippen LogP contribution is -2.46. The molecule has 5 heterocycles. The first-order chi connectivity index (χ1) is 19.5. The van der Waals surface area contributed by atoms with Crippen LogP contribution in [0.3, 0.4) is 0 Å². The molecule has 2 atom stereocenters. The molecule has 2 aliphatic heterocycles. The van der Waals surface area contributed by atoms with Gasteiger partial charge in [0.05, 0.1) is 12.4 Å². The van der Waals surface area contributed by atoms with Crippen LogP contribution in [0.1, 0.15) is 30.4 Å². The zero-order valence-corrected chi connectivity index (χ0v) is 21.8. The number of carbonyl (C=O) groups excluding carboxylic acids is 2. The van der Waals surface area contributed by atoms with Crippen molar-refractivity contribution in [3.63, 3.8) is 0 Å². The summed E-state index contributed by atoms with van der Waals surface area (Å²) in [5.74, 6) is 1.77. The van der Waals surface area contributed by atoms with E-state index in [0.29, 0.717) is 55.1 Å². The van der Waals surface area contributed by atoms with Crippen LogP contribution in [0.25, 0.3) is 11.6 Å². The van der Waals surface area contributed by atoms with E-state index in [1.54, 1.807) is 49.4 Å². The second-order valence-electron chi connectivity index (χ2n) is 9.44. The summed E-state index contributed by atoms with van der Waals surface area (Å²) in [6.07, 6.45) is 3.17. The number of aryl methyl sites for hydroxylation is 1. The van der Waals surface area contributed by atoms with Crippen molar-refractivity contribution in [3.8, 4) is 23.1 Å². The molecule has 0 radical (unpaired) electrons. The van der Waals surface area contributed by atoms with Crippen molar-refractivity contribution in [3.05, 3.63) is 60.2 Å². The van der Waals surface area contributed by atoms with Crippen LogP contribution in [0.15, 0.2) is 57.6 Å². The summed E-state index contributed by atoms with van der Waals surface area (Å²) >= 11 is 0. The molecule has 4 aromatic rings. The van der Waals surface area contributed by atoms with Crippen LogP contribution in [0, 0.1) is 6.92 Å². The lowest BCUT2D eigenvalue weighted by Gasteiger charge is -2.31. The molecular weight excluding hydrogens is 520 g/mol. The van der Waals surface area contributed by atoms with Gasteiger partial charge in [-0.25, -0.2) is 0 Å². The Labute approximate surface area is 229 Å². The van der Waals surface area contributed by atoms with Gasteiger partial charge in [-0.05, 0) is 61.4 Å². The molecular formula is C27H28N6O7. The average Bonchev–Trinajstić information content (AvgIpc) is 3.78. The number of nitrogens with zero attached hydrogens (tertiary/aromatic N) is 5. The molecule has 2 amide bonds. The van der Waals surface area contributed by atoms with E-state index in [1.165, 1.54) is 11.2 Å². The van der Waals surface area contributed by atoms with Gasteiger partial charge in [0.2, 0.25) is 5.82 Å². The Hall–Kier alpha value is -4.65. The largest absolute Gasteiger partial charge is 0.486 e. The van der Waals surface area contributed by atoms with Gasteiger partial charge in [-0.15, -0.1) is 10.2 Å². The number of aromatic nitrogens is 4. The van der Waals surface area contributed by atoms with Gasteiger partial charge >= 0.3 is 0 Å². The molecule has 13 nitrogen and oxygen atoms in total. The number of carbonyl (C=O) groups is 2. The van der Waals surface area contributed by atoms with E-state index < -0.39 is 17.9 Å². The molecule has 0 aliphatic carbocycles. The first-order valence-electron chi connectivity index (χ1n) is 13.0. The highest BCUT2D eigenvalue weighted by atomic mass is 16.6. The highest BCUT2D eigenvalue weighted by molar-refractivity contribution is 6.01. The average molecular weight is 549 g/mol. The van der Waals surface area contributed by atoms with Crippen LogP contribution in [-0.4, -0.2) is 64.5 Å². The number of benzene rings is 1. The van der Waals surface area contributed by atoms with Gasteiger partial charge in [0.15, 0.2) is 23.3 Å². The Bertz CT molecular complexity index is 1470. The van der Waals surface area contributed by atoms with Crippen LogP contribution >= 0.6 is 0 Å². The van der Waals surface area contributed by atoms with Crippen LogP contribution in [0.2, 0.25) is 0 Å². The maximum atomic E-state index is 14.0. The number of hydrogen-bond acceptors (Lipinski definition) is 10. The summed E-state index contributed by atoms with van der Waals surface area (Å²) in [5, 5.41) is 15.3. The number of nitrogens with one attached hydrogen (secondary N) is 1. The Morgan fingerprint density at radius 3 is 2.75 bits per heavy atom. The summed E-state index contributed by atoms with van der Waals surface area (Å²) in [7, 11) is 0. The van der Waals surface area contributed by atoms with E-state index in [4.69, 9.17) is 23.0 Å². The molecule has 208 valence electrons. The number of rotatable bonds is 9. The van der Waals surface area contributed by atoms with Crippen molar-refractivity contribution in [2.24, 2.45) is 0 Å². The predicted octanol–water partition coefficient (Wildman–Crippen LogP) is 2.68. The zero-order chi connectivity index (χ0) is 27.5. The Morgan fingerprint density at radius 2 is 2.00 bits per heavy atom. The third-order valence-electron chi connectivity index (χ3n) is 6.61. The van der Waals surface area contributed by atoms with Gasteiger partial charge in [0.25, 0.3) is 11.8 Å². The van der Waals surface area contributed by atoms with Gasteiger partial charge < -0.3 is 28.4 Å². The van der Waals surface area contributed by atoms with Gasteiger partial charge in [0.1, 0.15) is 31.3 Å². The Balaban J connectivity index is 1.33. The smallest absolute Gasteiger partial charge is 0.251 e. The third-order valence-corrected chi connectivity index (χ3v) is 6.61. The molecule has 1 saturated heterocycles. The van der Waals surface area contributed by atoms with E-state index in [1.807, 2.05) is 0 Å². The van der Waals surface area contributed by atoms with Crippen LogP contribution < -0.4 is 19.7 Å². The minimum absolute atomic E-state index is 0.0809. The van der Waals surface area contributed by atoms with Crippen LogP contribution in [0.4, 0.5) is 5.69 Å². The quantitative estimate of drug-likeness (QED) is 0.331. The lowest BCUT2D eigenvalue weighted by atomic mass is 10.1. The van der Waals surface area contributed by atoms with Crippen molar-refractivity contribution in [2.45, 2.75) is 38.5 Å². The van der Waals surface area contributed by atoms with Gasteiger partial charge in [0, 0.05) is 24.9 Å². The number of anilines is 1. The SMILES string of the molecule is Cc1ccc(-c2nnn(CC(=O)N(c3ccc4c(c3)OCCO4)[C@H](C(=O)NC[C@@H]3CCCO3)c3ccco3)n2)o1.